The van der Waals surface area contributed by atoms with E-state index in [1.54, 1.807) is 25.6 Å². The van der Waals surface area contributed by atoms with Crippen LogP contribution >= 0.6 is 0 Å². The van der Waals surface area contributed by atoms with E-state index in [0.29, 0.717) is 18.5 Å². The molecule has 1 unspecified atom stereocenters. The maximum Gasteiger partial charge on any atom is 0.229 e. The normalized spacial score (nSPS) is 18.2. The number of aromatic nitrogens is 2. The van der Waals surface area contributed by atoms with E-state index < -0.39 is 12.0 Å². The van der Waals surface area contributed by atoms with Crippen LogP contribution in [0.15, 0.2) is 59.7 Å². The molecular weight excluding hydrogens is 449 g/mol. The Morgan fingerprint density at radius 2 is 2.14 bits per heavy atom. The third kappa shape index (κ3) is 4.14. The first kappa shape index (κ1) is 22.6. The number of benzene rings is 2. The minimum atomic E-state index is -0.608. The van der Waals surface area contributed by atoms with Gasteiger partial charge in [-0.3, -0.25) is 4.79 Å². The number of rotatable bonds is 6. The highest BCUT2D eigenvalue weighted by atomic mass is 19.1. The van der Waals surface area contributed by atoms with Crippen LogP contribution in [0.3, 0.4) is 0 Å². The van der Waals surface area contributed by atoms with Gasteiger partial charge in [0.05, 0.1) is 30.5 Å². The maximum absolute atomic E-state index is 14.6. The summed E-state index contributed by atoms with van der Waals surface area (Å²) in [6.07, 6.45) is 7.49. The van der Waals surface area contributed by atoms with Crippen molar-refractivity contribution in [1.82, 2.24) is 14.5 Å². The topological polar surface area (TPSA) is 72.2 Å². The average molecular weight is 476 g/mol. The van der Waals surface area contributed by atoms with Crippen molar-refractivity contribution >= 4 is 24.0 Å². The quantitative estimate of drug-likeness (QED) is 0.493. The first-order chi connectivity index (χ1) is 17.0. The van der Waals surface area contributed by atoms with Crippen LogP contribution in [0.1, 0.15) is 35.9 Å². The molecule has 0 radical (unpaired) electrons. The Hall–Kier alpha value is -4.14. The second-order valence-electron chi connectivity index (χ2n) is 8.59. The summed E-state index contributed by atoms with van der Waals surface area (Å²) in [5.41, 5.74) is 4.57. The van der Waals surface area contributed by atoms with Crippen molar-refractivity contribution < 1.29 is 18.8 Å². The Bertz CT molecular complexity index is 1330. The van der Waals surface area contributed by atoms with Gasteiger partial charge in [-0.1, -0.05) is 23.4 Å². The van der Waals surface area contributed by atoms with Gasteiger partial charge in [-0.15, -0.1) is 0 Å². The summed E-state index contributed by atoms with van der Waals surface area (Å²) >= 11 is 0. The largest absolute Gasteiger partial charge is 0.495 e. The van der Waals surface area contributed by atoms with E-state index in [2.05, 4.69) is 16.2 Å². The van der Waals surface area contributed by atoms with Crippen LogP contribution in [0.5, 0.6) is 5.75 Å². The lowest BCUT2D eigenvalue weighted by Gasteiger charge is -2.31. The first-order valence-corrected chi connectivity index (χ1v) is 11.4. The summed E-state index contributed by atoms with van der Waals surface area (Å²) in [5.74, 6) is 0.967. The van der Waals surface area contributed by atoms with Crippen LogP contribution in [-0.4, -0.2) is 47.4 Å². The lowest BCUT2D eigenvalue weighted by molar-refractivity contribution is -0.107. The molecule has 1 saturated heterocycles. The van der Waals surface area contributed by atoms with Crippen molar-refractivity contribution in [2.24, 2.45) is 5.16 Å². The number of imidazole rings is 1. The van der Waals surface area contributed by atoms with Crippen molar-refractivity contribution in [3.8, 4) is 11.4 Å². The summed E-state index contributed by atoms with van der Waals surface area (Å²) in [5, 5.41) is 4.36. The zero-order chi connectivity index (χ0) is 24.5. The molecule has 1 atom stereocenters. The van der Waals surface area contributed by atoms with E-state index in [1.165, 1.54) is 18.0 Å². The molecule has 0 spiro atoms. The number of carbonyl (C=O) groups excluding carboxylic acids is 1. The lowest BCUT2D eigenvalue weighted by Crippen LogP contribution is -2.36. The molecule has 0 saturated carbocycles. The van der Waals surface area contributed by atoms with E-state index in [0.717, 1.165) is 46.9 Å². The summed E-state index contributed by atoms with van der Waals surface area (Å²) < 4.78 is 22.2. The molecular formula is C26H26FN5O3. The van der Waals surface area contributed by atoms with Crippen LogP contribution < -0.4 is 9.64 Å². The number of halogens is 1. The molecule has 3 aromatic rings. The molecule has 35 heavy (non-hydrogen) atoms. The zero-order valence-corrected chi connectivity index (χ0v) is 19.8. The second kappa shape index (κ2) is 9.25. The number of carbonyl (C=O) groups is 1. The summed E-state index contributed by atoms with van der Waals surface area (Å²) in [6.45, 7) is 2.65. The summed E-state index contributed by atoms with van der Waals surface area (Å²) in [7, 11) is 3.17. The number of anilines is 1. The molecule has 5 rings (SSSR count). The Labute approximate surface area is 202 Å². The van der Waals surface area contributed by atoms with Crippen molar-refractivity contribution in [3.63, 3.8) is 0 Å². The minimum Gasteiger partial charge on any atom is -0.495 e. The van der Waals surface area contributed by atoms with Crippen LogP contribution in [0.25, 0.3) is 11.8 Å². The molecule has 9 heteroatoms. The van der Waals surface area contributed by atoms with Gasteiger partial charge in [-0.2, -0.15) is 0 Å². The molecule has 2 aliphatic heterocycles. The molecule has 8 nitrogen and oxygen atoms in total. The highest BCUT2D eigenvalue weighted by Crippen LogP contribution is 2.39. The van der Waals surface area contributed by atoms with Crippen LogP contribution in [0, 0.1) is 12.7 Å². The number of nitrogens with zero attached hydrogens (tertiary/aromatic N) is 5. The maximum atomic E-state index is 14.6. The molecule has 2 aromatic carbocycles. The van der Waals surface area contributed by atoms with E-state index in [9.17, 15) is 9.18 Å². The third-order valence-corrected chi connectivity index (χ3v) is 6.26. The van der Waals surface area contributed by atoms with Crippen molar-refractivity contribution in [1.29, 1.82) is 0 Å². The molecule has 180 valence electrons. The smallest absolute Gasteiger partial charge is 0.229 e. The van der Waals surface area contributed by atoms with Gasteiger partial charge in [0, 0.05) is 25.4 Å². The van der Waals surface area contributed by atoms with Gasteiger partial charge in [0.1, 0.15) is 11.6 Å². The molecule has 0 bridgehead atoms. The van der Waals surface area contributed by atoms with Gasteiger partial charge in [0.15, 0.2) is 5.84 Å². The highest BCUT2D eigenvalue weighted by Gasteiger charge is 2.37. The number of para-hydroxylation sites is 1. The van der Waals surface area contributed by atoms with E-state index >= 15 is 0 Å². The Morgan fingerprint density at radius 3 is 2.89 bits per heavy atom. The van der Waals surface area contributed by atoms with Gasteiger partial charge < -0.3 is 23.9 Å². The Balaban J connectivity index is 1.45. The predicted octanol–water partition coefficient (Wildman–Crippen LogP) is 4.44. The molecule has 3 heterocycles. The minimum absolute atomic E-state index is 0.190. The number of fused-ring (bicyclic) bond motifs is 1. The molecule has 2 aliphatic rings. The number of hydrogen-bond donors (Lipinski definition) is 0. The predicted molar refractivity (Wildman–Crippen MR) is 131 cm³/mol. The summed E-state index contributed by atoms with van der Waals surface area (Å²) in [6, 6.07) is 10.7. The summed E-state index contributed by atoms with van der Waals surface area (Å²) in [4.78, 5) is 24.7. The fraction of sp³-hybridized carbons (Fsp3) is 0.269. The van der Waals surface area contributed by atoms with Gasteiger partial charge in [0.25, 0.3) is 0 Å². The molecule has 0 aliphatic carbocycles. The van der Waals surface area contributed by atoms with Gasteiger partial charge in [-0.25, -0.2) is 9.37 Å². The standard InChI is InChI=1S/C26H26FN5O3/c1-17-14-31(15-28-17)22-10-9-18(13-23(22)34-3)12-19-6-5-11-32-25(19)29-35-26(32)20-7-4-8-21(27)24(20)30(2)16-33/h4,7-10,12-16,26H,5-6,11H2,1-3H3/b19-12-. The SMILES string of the molecule is COc1cc(/C=C2/CCCN3C2=NOC3c2cccc(F)c2N(C)C=O)ccc1-n1cnc(C)c1. The van der Waals surface area contributed by atoms with Crippen LogP contribution in [0.2, 0.25) is 0 Å². The lowest BCUT2D eigenvalue weighted by atomic mass is 9.98. The first-order valence-electron chi connectivity index (χ1n) is 11.4. The Morgan fingerprint density at radius 1 is 1.29 bits per heavy atom. The van der Waals surface area contributed by atoms with Gasteiger partial charge >= 0.3 is 0 Å². The monoisotopic (exact) mass is 475 g/mol. The van der Waals surface area contributed by atoms with Crippen LogP contribution in [0.4, 0.5) is 10.1 Å². The fourth-order valence-corrected chi connectivity index (χ4v) is 4.61. The average Bonchev–Trinajstić information content (AvgIpc) is 3.50. The number of aryl methyl sites for hydroxylation is 1. The van der Waals surface area contributed by atoms with E-state index in [-0.39, 0.29) is 5.69 Å². The molecule has 1 fully saturated rings. The number of amides is 1. The number of amidine groups is 1. The molecule has 1 aromatic heterocycles. The Kier molecular flexibility index (Phi) is 5.98. The zero-order valence-electron chi connectivity index (χ0n) is 19.8. The van der Waals surface area contributed by atoms with E-state index in [4.69, 9.17) is 9.57 Å². The number of oxime groups is 1. The number of hydrogen-bond acceptors (Lipinski definition) is 6. The number of ether oxygens (including phenoxy) is 1. The van der Waals surface area contributed by atoms with Crippen molar-refractivity contribution in [3.05, 3.63) is 77.1 Å². The van der Waals surface area contributed by atoms with Gasteiger partial charge in [-0.05, 0) is 55.2 Å². The van der Waals surface area contributed by atoms with E-state index in [1.807, 2.05) is 40.8 Å². The highest BCUT2D eigenvalue weighted by molar-refractivity contribution is 6.03. The number of methoxy groups -OCH3 is 1. The molecule has 1 amide bonds. The molecule has 0 N–H and O–H groups in total. The van der Waals surface area contributed by atoms with Crippen LogP contribution in [-0.2, 0) is 9.63 Å². The second-order valence-corrected chi connectivity index (χ2v) is 8.59. The third-order valence-electron chi connectivity index (χ3n) is 6.26. The van der Waals surface area contributed by atoms with Gasteiger partial charge in [0.2, 0.25) is 12.6 Å². The van der Waals surface area contributed by atoms with Crippen molar-refractivity contribution in [2.75, 3.05) is 25.6 Å². The van der Waals surface area contributed by atoms with Crippen molar-refractivity contribution in [2.45, 2.75) is 26.0 Å². The number of piperidine rings is 1. The fourth-order valence-electron chi connectivity index (χ4n) is 4.61.